The van der Waals surface area contributed by atoms with Crippen LogP contribution in [-0.4, -0.2) is 19.7 Å². The Morgan fingerprint density at radius 1 is 0.731 bits per heavy atom. The summed E-state index contributed by atoms with van der Waals surface area (Å²) in [6.45, 7) is 1.46. The van der Waals surface area contributed by atoms with Gasteiger partial charge in [0.2, 0.25) is 0 Å². The number of nitrogens with zero attached hydrogens (tertiary/aromatic N) is 4. The molecule has 0 saturated heterocycles. The van der Waals surface area contributed by atoms with Gasteiger partial charge in [-0.3, -0.25) is 40.5 Å². The minimum Gasteiger partial charge on any atom is -0.258 e. The molecule has 0 fully saturated rings. The maximum absolute atomic E-state index is 11.4. The smallest absolute Gasteiger partial charge is 0.258 e. The molecular weight excluding hydrogens is 352 g/mol. The lowest BCUT2D eigenvalue weighted by molar-refractivity contribution is -0.452. The number of nitro groups is 4. The highest BCUT2D eigenvalue weighted by Gasteiger charge is 2.47. The van der Waals surface area contributed by atoms with Gasteiger partial charge in [0.15, 0.2) is 0 Å². The average molecular weight is 362 g/mol. The van der Waals surface area contributed by atoms with Crippen LogP contribution in [0.15, 0.2) is 36.4 Å². The van der Waals surface area contributed by atoms with E-state index >= 15 is 0 Å². The Hall–Kier alpha value is -3.96. The van der Waals surface area contributed by atoms with Crippen molar-refractivity contribution in [2.24, 2.45) is 0 Å². The quantitative estimate of drug-likeness (QED) is 0.554. The molecule has 134 valence electrons. The van der Waals surface area contributed by atoms with Crippen LogP contribution in [-0.2, 0) is 0 Å². The van der Waals surface area contributed by atoms with E-state index < -0.39 is 48.4 Å². The number of hydrogen-bond acceptors (Lipinski definition) is 8. The topological polar surface area (TPSA) is 173 Å². The van der Waals surface area contributed by atoms with E-state index in [9.17, 15) is 40.5 Å². The SMILES string of the molecule is CC(c1ccccc1)c1cc([N+](=O)[O-])c([N+](=O)[O-])c([N+](=O)[O-])c1[N+](=O)[O-]. The highest BCUT2D eigenvalue weighted by molar-refractivity contribution is 5.78. The van der Waals surface area contributed by atoms with Gasteiger partial charge in [-0.15, -0.1) is 0 Å². The van der Waals surface area contributed by atoms with Crippen LogP contribution >= 0.6 is 0 Å². The fourth-order valence-electron chi connectivity index (χ4n) is 2.59. The minimum absolute atomic E-state index is 0.356. The van der Waals surface area contributed by atoms with Crippen LogP contribution in [0.25, 0.3) is 0 Å². The first-order chi connectivity index (χ1) is 12.2. The summed E-state index contributed by atoms with van der Waals surface area (Å²) >= 11 is 0. The molecular formula is C14H10N4O8. The first-order valence-corrected chi connectivity index (χ1v) is 7.00. The van der Waals surface area contributed by atoms with E-state index in [2.05, 4.69) is 0 Å². The molecule has 0 spiro atoms. The molecule has 0 saturated carbocycles. The van der Waals surface area contributed by atoms with Crippen molar-refractivity contribution < 1.29 is 19.7 Å². The van der Waals surface area contributed by atoms with Crippen molar-refractivity contribution in [1.82, 2.24) is 0 Å². The summed E-state index contributed by atoms with van der Waals surface area (Å²) in [6.07, 6.45) is 0. The summed E-state index contributed by atoms with van der Waals surface area (Å²) in [4.78, 5) is 40.1. The van der Waals surface area contributed by atoms with E-state index in [1.54, 1.807) is 30.3 Å². The van der Waals surface area contributed by atoms with Gasteiger partial charge < -0.3 is 0 Å². The summed E-state index contributed by atoms with van der Waals surface area (Å²) in [5.74, 6) is -0.852. The first kappa shape index (κ1) is 18.4. The molecule has 0 bridgehead atoms. The second kappa shape index (κ2) is 6.88. The zero-order valence-electron chi connectivity index (χ0n) is 13.1. The number of nitro benzene ring substituents is 4. The van der Waals surface area contributed by atoms with Crippen LogP contribution in [0.3, 0.4) is 0 Å². The Kier molecular flexibility index (Phi) is 4.86. The third-order valence-electron chi connectivity index (χ3n) is 3.77. The molecule has 0 aliphatic heterocycles. The highest BCUT2D eigenvalue weighted by atomic mass is 16.7. The van der Waals surface area contributed by atoms with Gasteiger partial charge >= 0.3 is 22.7 Å². The second-order valence-electron chi connectivity index (χ2n) is 5.19. The maximum Gasteiger partial charge on any atom is 0.430 e. The van der Waals surface area contributed by atoms with Crippen molar-refractivity contribution in [3.05, 3.63) is 88.0 Å². The molecule has 0 amide bonds. The van der Waals surface area contributed by atoms with Crippen molar-refractivity contribution in [2.75, 3.05) is 0 Å². The third-order valence-corrected chi connectivity index (χ3v) is 3.77. The van der Waals surface area contributed by atoms with Crippen LogP contribution in [0.1, 0.15) is 24.0 Å². The van der Waals surface area contributed by atoms with Crippen molar-refractivity contribution >= 4 is 22.7 Å². The summed E-state index contributed by atoms with van der Waals surface area (Å²) in [6, 6.07) is 8.71. The molecule has 0 aromatic heterocycles. The Morgan fingerprint density at radius 2 is 1.23 bits per heavy atom. The first-order valence-electron chi connectivity index (χ1n) is 7.00. The zero-order valence-corrected chi connectivity index (χ0v) is 13.1. The van der Waals surface area contributed by atoms with Crippen LogP contribution in [0.5, 0.6) is 0 Å². The van der Waals surface area contributed by atoms with E-state index in [0.717, 1.165) is 0 Å². The monoisotopic (exact) mass is 362 g/mol. The van der Waals surface area contributed by atoms with Crippen LogP contribution in [0, 0.1) is 40.5 Å². The van der Waals surface area contributed by atoms with Gasteiger partial charge in [-0.1, -0.05) is 37.3 Å². The number of hydrogen-bond donors (Lipinski definition) is 0. The van der Waals surface area contributed by atoms with Crippen molar-refractivity contribution in [2.45, 2.75) is 12.8 Å². The van der Waals surface area contributed by atoms with E-state index in [1.807, 2.05) is 0 Å². The molecule has 12 nitrogen and oxygen atoms in total. The molecule has 12 heteroatoms. The molecule has 2 rings (SSSR count). The van der Waals surface area contributed by atoms with Gasteiger partial charge in [-0.25, -0.2) is 0 Å². The number of benzene rings is 2. The molecule has 0 aliphatic carbocycles. The molecule has 2 aromatic carbocycles. The normalized spacial score (nSPS) is 11.6. The summed E-state index contributed by atoms with van der Waals surface area (Å²) in [7, 11) is 0. The van der Waals surface area contributed by atoms with Crippen molar-refractivity contribution in [3.63, 3.8) is 0 Å². The van der Waals surface area contributed by atoms with Crippen molar-refractivity contribution in [3.8, 4) is 0 Å². The lowest BCUT2D eigenvalue weighted by atomic mass is 9.90. The van der Waals surface area contributed by atoms with Gasteiger partial charge in [0, 0.05) is 12.0 Å². The molecule has 0 aliphatic rings. The van der Waals surface area contributed by atoms with Crippen LogP contribution in [0.4, 0.5) is 22.7 Å². The van der Waals surface area contributed by atoms with Gasteiger partial charge in [0.25, 0.3) is 0 Å². The van der Waals surface area contributed by atoms with Crippen molar-refractivity contribution in [1.29, 1.82) is 0 Å². The fourth-order valence-corrected chi connectivity index (χ4v) is 2.59. The third kappa shape index (κ3) is 3.15. The second-order valence-corrected chi connectivity index (χ2v) is 5.19. The highest BCUT2D eigenvalue weighted by Crippen LogP contribution is 2.48. The molecule has 0 heterocycles. The Balaban J connectivity index is 2.96. The zero-order chi connectivity index (χ0) is 19.6. The molecule has 1 unspecified atom stereocenters. The average Bonchev–Trinajstić information content (AvgIpc) is 2.59. The van der Waals surface area contributed by atoms with E-state index in [-0.39, 0.29) is 5.56 Å². The van der Waals surface area contributed by atoms with Gasteiger partial charge in [-0.2, -0.15) is 0 Å². The molecule has 1 atom stereocenters. The predicted molar refractivity (Wildman–Crippen MR) is 87.0 cm³/mol. The van der Waals surface area contributed by atoms with E-state index in [4.69, 9.17) is 0 Å². The van der Waals surface area contributed by atoms with Gasteiger partial charge in [0.05, 0.1) is 25.3 Å². The van der Waals surface area contributed by atoms with E-state index in [1.165, 1.54) is 6.92 Å². The van der Waals surface area contributed by atoms with Gasteiger partial charge in [-0.05, 0) is 5.56 Å². The summed E-state index contributed by atoms with van der Waals surface area (Å²) in [5.41, 5.74) is -5.20. The Morgan fingerprint density at radius 3 is 1.65 bits per heavy atom. The maximum atomic E-state index is 11.4. The fraction of sp³-hybridized carbons (Fsp3) is 0.143. The van der Waals surface area contributed by atoms with E-state index in [0.29, 0.717) is 11.6 Å². The number of rotatable bonds is 6. The molecule has 2 aromatic rings. The van der Waals surface area contributed by atoms with Crippen LogP contribution < -0.4 is 0 Å². The van der Waals surface area contributed by atoms with Gasteiger partial charge in [0.1, 0.15) is 0 Å². The summed E-state index contributed by atoms with van der Waals surface area (Å²) < 4.78 is 0. The lowest BCUT2D eigenvalue weighted by Gasteiger charge is -2.12. The lowest BCUT2D eigenvalue weighted by Crippen LogP contribution is -2.09. The van der Waals surface area contributed by atoms with Crippen LogP contribution in [0.2, 0.25) is 0 Å². The largest absolute Gasteiger partial charge is 0.430 e. The Labute approximate surface area is 144 Å². The molecule has 0 radical (unpaired) electrons. The standard InChI is InChI=1S/C14H10N4O8/c1-8(9-5-3-2-4-6-9)10-7-11(15(19)20)13(17(23)24)14(18(25)26)12(10)16(21)22/h2-8H,1H3. The minimum atomic E-state index is -1.52. The summed E-state index contributed by atoms with van der Waals surface area (Å²) in [5, 5.41) is 45.1. The molecule has 0 N–H and O–H groups in total. The Bertz CT molecular complexity index is 928. The molecule has 26 heavy (non-hydrogen) atoms. The predicted octanol–water partition coefficient (Wildman–Crippen LogP) is 3.47.